The molecule has 34 heavy (non-hydrogen) atoms. The highest BCUT2D eigenvalue weighted by Crippen LogP contribution is 2.28. The third-order valence-corrected chi connectivity index (χ3v) is 7.31. The number of hydrogen-bond donors (Lipinski definition) is 0. The number of allylic oxidation sites excluding steroid dienone is 1. The number of rotatable bonds is 8. The van der Waals surface area contributed by atoms with Crippen molar-refractivity contribution in [3.05, 3.63) is 71.0 Å². The molecule has 7 nitrogen and oxygen atoms in total. The van der Waals surface area contributed by atoms with Gasteiger partial charge in [0.1, 0.15) is 0 Å². The lowest BCUT2D eigenvalue weighted by Gasteiger charge is -2.16. The Hall–Kier alpha value is -3.17. The van der Waals surface area contributed by atoms with E-state index in [9.17, 15) is 14.4 Å². The highest BCUT2D eigenvalue weighted by Gasteiger charge is 2.24. The van der Waals surface area contributed by atoms with Crippen molar-refractivity contribution in [2.24, 2.45) is 4.99 Å². The maximum absolute atomic E-state index is 12.7. The first kappa shape index (κ1) is 24.0. The molecule has 0 radical (unpaired) electrons. The number of para-hydroxylation sites is 1. The minimum atomic E-state index is -0.385. The van der Waals surface area contributed by atoms with Crippen LogP contribution in [0.4, 0.5) is 5.69 Å². The standard InChI is InChI=1S/C25H25N3O4S2/c1-3-12-28-20-10-9-18(24(31)32-4-2)14-21(20)34-25(28)26-22(29)15-33-16-23(30)27-13-11-17-7-5-6-8-19(17)27/h3,5-10,14H,1,4,11-13,15-16H2,2H3. The molecule has 0 N–H and O–H groups in total. The number of nitrogens with zero attached hydrogens (tertiary/aromatic N) is 3. The summed E-state index contributed by atoms with van der Waals surface area (Å²) < 4.78 is 7.79. The summed E-state index contributed by atoms with van der Waals surface area (Å²) in [4.78, 5) is 43.9. The van der Waals surface area contributed by atoms with E-state index in [4.69, 9.17) is 4.74 Å². The van der Waals surface area contributed by atoms with Gasteiger partial charge in [0.05, 0.1) is 33.9 Å². The van der Waals surface area contributed by atoms with Gasteiger partial charge in [0.2, 0.25) is 5.91 Å². The smallest absolute Gasteiger partial charge is 0.338 e. The third-order valence-electron chi connectivity index (χ3n) is 5.37. The fourth-order valence-electron chi connectivity index (χ4n) is 3.85. The third kappa shape index (κ3) is 5.15. The molecule has 1 aliphatic heterocycles. The number of fused-ring (bicyclic) bond motifs is 2. The Morgan fingerprint density at radius 1 is 1.21 bits per heavy atom. The van der Waals surface area contributed by atoms with Crippen LogP contribution in [0.15, 0.2) is 60.1 Å². The summed E-state index contributed by atoms with van der Waals surface area (Å²) in [6.07, 6.45) is 2.59. The average molecular weight is 496 g/mol. The number of aromatic nitrogens is 1. The van der Waals surface area contributed by atoms with E-state index in [2.05, 4.69) is 11.6 Å². The van der Waals surface area contributed by atoms with Gasteiger partial charge in [-0.25, -0.2) is 4.79 Å². The first-order chi connectivity index (χ1) is 16.5. The van der Waals surface area contributed by atoms with Gasteiger partial charge < -0.3 is 14.2 Å². The van der Waals surface area contributed by atoms with Gasteiger partial charge in [0.25, 0.3) is 5.91 Å². The fourth-order valence-corrected chi connectivity index (χ4v) is 5.61. The van der Waals surface area contributed by atoms with Crippen LogP contribution in [0.25, 0.3) is 10.2 Å². The van der Waals surface area contributed by atoms with E-state index < -0.39 is 0 Å². The molecule has 3 aromatic rings. The van der Waals surface area contributed by atoms with E-state index in [1.807, 2.05) is 34.9 Å². The zero-order valence-electron chi connectivity index (χ0n) is 18.9. The lowest BCUT2D eigenvalue weighted by molar-refractivity contribution is -0.116. The maximum atomic E-state index is 12.7. The molecule has 0 bridgehead atoms. The number of carbonyl (C=O) groups excluding carboxylic acids is 3. The molecular formula is C25H25N3O4S2. The zero-order chi connectivity index (χ0) is 24.1. The van der Waals surface area contributed by atoms with Crippen LogP contribution in [0.2, 0.25) is 0 Å². The van der Waals surface area contributed by atoms with Crippen LogP contribution in [0.3, 0.4) is 0 Å². The topological polar surface area (TPSA) is 81.0 Å². The first-order valence-corrected chi connectivity index (χ1v) is 12.9. The van der Waals surface area contributed by atoms with Gasteiger partial charge in [-0.2, -0.15) is 4.99 Å². The Kier molecular flexibility index (Phi) is 7.64. The highest BCUT2D eigenvalue weighted by molar-refractivity contribution is 8.00. The molecular weight excluding hydrogens is 470 g/mol. The van der Waals surface area contributed by atoms with E-state index in [1.54, 1.807) is 30.0 Å². The molecule has 0 unspecified atom stereocenters. The number of esters is 1. The molecule has 0 saturated heterocycles. The van der Waals surface area contributed by atoms with Gasteiger partial charge in [-0.3, -0.25) is 9.59 Å². The first-order valence-electron chi connectivity index (χ1n) is 11.0. The van der Waals surface area contributed by atoms with Crippen molar-refractivity contribution in [1.82, 2.24) is 4.57 Å². The molecule has 2 amide bonds. The van der Waals surface area contributed by atoms with Crippen molar-refractivity contribution in [1.29, 1.82) is 0 Å². The van der Waals surface area contributed by atoms with Gasteiger partial charge in [0, 0.05) is 18.8 Å². The quantitative estimate of drug-likeness (QED) is 0.351. The summed E-state index contributed by atoms with van der Waals surface area (Å²) in [5, 5.41) is 0. The highest BCUT2D eigenvalue weighted by atomic mass is 32.2. The predicted octanol–water partition coefficient (Wildman–Crippen LogP) is 3.82. The maximum Gasteiger partial charge on any atom is 0.338 e. The minimum absolute atomic E-state index is 0.00201. The van der Waals surface area contributed by atoms with Crippen molar-refractivity contribution < 1.29 is 19.1 Å². The van der Waals surface area contributed by atoms with Crippen LogP contribution in [0, 0.1) is 0 Å². The van der Waals surface area contributed by atoms with Gasteiger partial charge in [0.15, 0.2) is 4.80 Å². The number of thiazole rings is 1. The zero-order valence-corrected chi connectivity index (χ0v) is 20.5. The van der Waals surface area contributed by atoms with Crippen LogP contribution in [0.1, 0.15) is 22.8 Å². The molecule has 1 aromatic heterocycles. The van der Waals surface area contributed by atoms with Crippen LogP contribution in [0.5, 0.6) is 0 Å². The summed E-state index contributed by atoms with van der Waals surface area (Å²) >= 11 is 2.60. The largest absolute Gasteiger partial charge is 0.462 e. The molecule has 176 valence electrons. The minimum Gasteiger partial charge on any atom is -0.462 e. The lowest BCUT2D eigenvalue weighted by atomic mass is 10.2. The van der Waals surface area contributed by atoms with E-state index in [-0.39, 0.29) is 29.3 Å². The number of amides is 2. The molecule has 0 saturated carbocycles. The summed E-state index contributed by atoms with van der Waals surface area (Å²) in [6.45, 7) is 7.01. The number of benzene rings is 2. The summed E-state index contributed by atoms with van der Waals surface area (Å²) in [5.74, 6) is -0.369. The monoisotopic (exact) mass is 495 g/mol. The van der Waals surface area contributed by atoms with E-state index in [1.165, 1.54) is 28.7 Å². The molecule has 0 atom stereocenters. The van der Waals surface area contributed by atoms with Crippen molar-refractivity contribution >= 4 is 56.8 Å². The number of thioether (sulfide) groups is 1. The summed E-state index contributed by atoms with van der Waals surface area (Å²) in [6, 6.07) is 13.2. The number of anilines is 1. The lowest BCUT2D eigenvalue weighted by Crippen LogP contribution is -2.30. The van der Waals surface area contributed by atoms with Crippen molar-refractivity contribution in [2.75, 3.05) is 29.6 Å². The SMILES string of the molecule is C=CCn1c(=NC(=O)CSCC(=O)N2CCc3ccccc32)sc2cc(C(=O)OCC)ccc21. The van der Waals surface area contributed by atoms with Crippen LogP contribution < -0.4 is 9.70 Å². The second-order valence-electron chi connectivity index (χ2n) is 7.61. The molecule has 9 heteroatoms. The fraction of sp³-hybridized carbons (Fsp3) is 0.280. The summed E-state index contributed by atoms with van der Waals surface area (Å²) in [7, 11) is 0. The number of ether oxygens (including phenoxy) is 1. The summed E-state index contributed by atoms with van der Waals surface area (Å²) in [5.41, 5.74) is 3.45. The van der Waals surface area contributed by atoms with Crippen LogP contribution in [-0.2, 0) is 27.3 Å². The molecule has 0 spiro atoms. The Balaban J connectivity index is 1.45. The van der Waals surface area contributed by atoms with Crippen LogP contribution in [-0.4, -0.2) is 47.0 Å². The van der Waals surface area contributed by atoms with Gasteiger partial charge >= 0.3 is 5.97 Å². The molecule has 2 heterocycles. The Bertz CT molecular complexity index is 1330. The van der Waals surface area contributed by atoms with Gasteiger partial charge in [-0.1, -0.05) is 35.6 Å². The molecule has 2 aromatic carbocycles. The van der Waals surface area contributed by atoms with Crippen molar-refractivity contribution in [3.8, 4) is 0 Å². The Labute approximate surface area is 205 Å². The van der Waals surface area contributed by atoms with E-state index in [0.29, 0.717) is 30.1 Å². The Morgan fingerprint density at radius 3 is 2.82 bits per heavy atom. The van der Waals surface area contributed by atoms with Crippen molar-refractivity contribution in [2.45, 2.75) is 19.9 Å². The number of carbonyl (C=O) groups is 3. The Morgan fingerprint density at radius 2 is 2.03 bits per heavy atom. The normalized spacial score (nSPS) is 13.2. The second-order valence-corrected chi connectivity index (χ2v) is 9.60. The van der Waals surface area contributed by atoms with Crippen LogP contribution >= 0.6 is 23.1 Å². The number of hydrogen-bond acceptors (Lipinski definition) is 6. The average Bonchev–Trinajstić information content (AvgIpc) is 3.40. The van der Waals surface area contributed by atoms with E-state index in [0.717, 1.165) is 22.3 Å². The molecule has 0 aliphatic carbocycles. The van der Waals surface area contributed by atoms with Crippen molar-refractivity contribution in [3.63, 3.8) is 0 Å². The van der Waals surface area contributed by atoms with E-state index >= 15 is 0 Å². The molecule has 1 aliphatic rings. The predicted molar refractivity (Wildman–Crippen MR) is 136 cm³/mol. The molecule has 4 rings (SSSR count). The second kappa shape index (κ2) is 10.8. The molecule has 0 fully saturated rings. The van der Waals surface area contributed by atoms with Gasteiger partial charge in [-0.15, -0.1) is 18.3 Å². The van der Waals surface area contributed by atoms with Gasteiger partial charge in [-0.05, 0) is 43.2 Å².